The molecule has 0 bridgehead atoms. The lowest BCUT2D eigenvalue weighted by atomic mass is 9.93. The van der Waals surface area contributed by atoms with Gasteiger partial charge in [-0.25, -0.2) is 4.58 Å². The lowest BCUT2D eigenvalue weighted by molar-refractivity contribution is -0.255. The maximum Gasteiger partial charge on any atom is 0.203 e. The molecule has 0 aromatic heterocycles. The first kappa shape index (κ1) is 18.7. The van der Waals surface area contributed by atoms with E-state index in [0.717, 1.165) is 44.5 Å². The molecular formula is C24H22N2O3. The van der Waals surface area contributed by atoms with Gasteiger partial charge in [0.2, 0.25) is 5.36 Å². The Kier molecular flexibility index (Phi) is 4.59. The fourth-order valence-electron chi connectivity index (χ4n) is 3.51. The fraction of sp³-hybridized carbons (Fsp3) is 0.167. The molecule has 146 valence electrons. The SMILES string of the molecule is CN(C)c1ccc2c(-c3ccc(C(=O)[O-])cc3)c3ccc(=[N+](C)C)cc-3oc2c1. The molecule has 0 atom stereocenters. The van der Waals surface area contributed by atoms with Crippen molar-refractivity contribution in [2.45, 2.75) is 0 Å². The smallest absolute Gasteiger partial charge is 0.203 e. The van der Waals surface area contributed by atoms with Crippen molar-refractivity contribution in [2.24, 2.45) is 0 Å². The summed E-state index contributed by atoms with van der Waals surface area (Å²) in [6.07, 6.45) is 0. The number of hydrogen-bond acceptors (Lipinski definition) is 4. The van der Waals surface area contributed by atoms with Gasteiger partial charge in [-0.15, -0.1) is 0 Å². The van der Waals surface area contributed by atoms with Crippen LogP contribution in [0.1, 0.15) is 10.4 Å². The Labute approximate surface area is 169 Å². The van der Waals surface area contributed by atoms with Crippen molar-refractivity contribution in [2.75, 3.05) is 33.1 Å². The molecule has 4 rings (SSSR count). The molecule has 1 aliphatic carbocycles. The van der Waals surface area contributed by atoms with Crippen LogP contribution in [0.2, 0.25) is 0 Å². The highest BCUT2D eigenvalue weighted by Gasteiger charge is 2.18. The predicted molar refractivity (Wildman–Crippen MR) is 114 cm³/mol. The predicted octanol–water partition coefficient (Wildman–Crippen LogP) is 2.67. The molecule has 2 aromatic carbocycles. The van der Waals surface area contributed by atoms with E-state index in [2.05, 4.69) is 24.3 Å². The summed E-state index contributed by atoms with van der Waals surface area (Å²) in [5, 5.41) is 13.2. The van der Waals surface area contributed by atoms with Gasteiger partial charge in [0.15, 0.2) is 0 Å². The number of carbonyl (C=O) groups is 1. The molecule has 1 aliphatic heterocycles. The second-order valence-corrected chi connectivity index (χ2v) is 7.49. The topological polar surface area (TPSA) is 59.5 Å². The number of benzene rings is 3. The van der Waals surface area contributed by atoms with Gasteiger partial charge >= 0.3 is 0 Å². The molecule has 0 spiro atoms. The second-order valence-electron chi connectivity index (χ2n) is 7.49. The Balaban J connectivity index is 2.08. The number of carbonyl (C=O) groups excluding carboxylic acids is 1. The third kappa shape index (κ3) is 3.36. The average Bonchev–Trinajstić information content (AvgIpc) is 2.71. The van der Waals surface area contributed by atoms with Crippen LogP contribution in [0.5, 0.6) is 0 Å². The normalized spacial score (nSPS) is 11.0. The van der Waals surface area contributed by atoms with E-state index in [9.17, 15) is 9.90 Å². The van der Waals surface area contributed by atoms with E-state index in [1.54, 1.807) is 12.1 Å². The van der Waals surface area contributed by atoms with Crippen LogP contribution < -0.4 is 19.9 Å². The van der Waals surface area contributed by atoms with Crippen LogP contribution in [0.15, 0.2) is 65.1 Å². The first-order valence-corrected chi connectivity index (χ1v) is 9.35. The number of anilines is 1. The van der Waals surface area contributed by atoms with Crippen LogP contribution in [0.4, 0.5) is 5.69 Å². The zero-order valence-corrected chi connectivity index (χ0v) is 16.9. The van der Waals surface area contributed by atoms with E-state index in [4.69, 9.17) is 4.42 Å². The molecule has 0 saturated carbocycles. The van der Waals surface area contributed by atoms with Crippen molar-refractivity contribution in [3.63, 3.8) is 0 Å². The lowest BCUT2D eigenvalue weighted by Gasteiger charge is -2.18. The van der Waals surface area contributed by atoms with Gasteiger partial charge < -0.3 is 19.2 Å². The Hall–Kier alpha value is -3.60. The molecule has 0 radical (unpaired) electrons. The molecule has 0 N–H and O–H groups in total. The van der Waals surface area contributed by atoms with Crippen LogP contribution in [0.25, 0.3) is 33.4 Å². The van der Waals surface area contributed by atoms with Crippen molar-refractivity contribution < 1.29 is 14.3 Å². The number of hydrogen-bond donors (Lipinski definition) is 0. The third-order valence-electron chi connectivity index (χ3n) is 5.13. The average molecular weight is 386 g/mol. The quantitative estimate of drug-likeness (QED) is 0.401. The van der Waals surface area contributed by atoms with E-state index in [1.165, 1.54) is 0 Å². The van der Waals surface area contributed by atoms with E-state index < -0.39 is 5.97 Å². The fourth-order valence-corrected chi connectivity index (χ4v) is 3.51. The standard InChI is InChI=1S/C24H22N2O3/c1-25(2)17-9-11-19-21(13-17)29-22-14-18(26(3)4)10-12-20(22)23(19)15-5-7-16(8-6-15)24(27)28/h5-14H,1-4H3. The number of aromatic carboxylic acids is 1. The molecule has 0 fully saturated rings. The van der Waals surface area contributed by atoms with Crippen molar-refractivity contribution in [1.29, 1.82) is 0 Å². The third-order valence-corrected chi connectivity index (χ3v) is 5.13. The van der Waals surface area contributed by atoms with Crippen LogP contribution in [0.3, 0.4) is 0 Å². The Morgan fingerprint density at radius 2 is 1.69 bits per heavy atom. The Bertz CT molecular complexity index is 1260. The minimum Gasteiger partial charge on any atom is -0.545 e. The first-order chi connectivity index (χ1) is 13.8. The van der Waals surface area contributed by atoms with Gasteiger partial charge in [-0.3, -0.25) is 0 Å². The van der Waals surface area contributed by atoms with Crippen molar-refractivity contribution in [1.82, 2.24) is 4.58 Å². The maximum absolute atomic E-state index is 11.1. The molecule has 29 heavy (non-hydrogen) atoms. The first-order valence-electron chi connectivity index (χ1n) is 9.35. The van der Waals surface area contributed by atoms with Crippen LogP contribution in [-0.4, -0.2) is 34.2 Å². The maximum atomic E-state index is 11.1. The van der Waals surface area contributed by atoms with Gasteiger partial charge in [0.1, 0.15) is 25.4 Å². The zero-order valence-electron chi connectivity index (χ0n) is 16.9. The molecule has 5 heteroatoms. The van der Waals surface area contributed by atoms with E-state index in [-0.39, 0.29) is 5.56 Å². The molecule has 1 heterocycles. The molecule has 0 saturated heterocycles. The van der Waals surface area contributed by atoms with Gasteiger partial charge in [-0.05, 0) is 29.3 Å². The minimum absolute atomic E-state index is 0.160. The number of rotatable bonds is 3. The van der Waals surface area contributed by atoms with Gasteiger partial charge in [0, 0.05) is 48.4 Å². The summed E-state index contributed by atoms with van der Waals surface area (Å²) in [6.45, 7) is 0. The van der Waals surface area contributed by atoms with Crippen molar-refractivity contribution in [3.05, 3.63) is 71.6 Å². The largest absolute Gasteiger partial charge is 0.545 e. The van der Waals surface area contributed by atoms with Crippen LogP contribution >= 0.6 is 0 Å². The second kappa shape index (κ2) is 7.09. The highest BCUT2D eigenvalue weighted by Crippen LogP contribution is 2.40. The monoisotopic (exact) mass is 386 g/mol. The lowest BCUT2D eigenvalue weighted by Crippen LogP contribution is -2.22. The summed E-state index contributed by atoms with van der Waals surface area (Å²) in [7, 11) is 7.97. The van der Waals surface area contributed by atoms with Gasteiger partial charge in [0.05, 0.1) is 12.0 Å². The zero-order chi connectivity index (χ0) is 20.7. The van der Waals surface area contributed by atoms with Crippen LogP contribution in [0, 0.1) is 0 Å². The number of nitrogens with zero attached hydrogens (tertiary/aromatic N) is 2. The number of carboxylic acids is 1. The molecule has 5 nitrogen and oxygen atoms in total. The summed E-state index contributed by atoms with van der Waals surface area (Å²) < 4.78 is 8.33. The van der Waals surface area contributed by atoms with Crippen molar-refractivity contribution >= 4 is 22.6 Å². The minimum atomic E-state index is -1.18. The number of fused-ring (bicyclic) bond motifs is 2. The Morgan fingerprint density at radius 1 is 0.966 bits per heavy atom. The summed E-state index contributed by atoms with van der Waals surface area (Å²) in [5.74, 6) is -0.404. The number of carboxylic acid groups (broad SMARTS) is 1. The summed E-state index contributed by atoms with van der Waals surface area (Å²) in [5.41, 5.74) is 4.90. The molecule has 2 aliphatic rings. The van der Waals surface area contributed by atoms with E-state index in [1.807, 2.05) is 61.9 Å². The summed E-state index contributed by atoms with van der Waals surface area (Å²) >= 11 is 0. The summed E-state index contributed by atoms with van der Waals surface area (Å²) in [4.78, 5) is 13.2. The van der Waals surface area contributed by atoms with Gasteiger partial charge in [-0.1, -0.05) is 24.3 Å². The molecule has 0 unspecified atom stereocenters. The highest BCUT2D eigenvalue weighted by molar-refractivity contribution is 6.03. The van der Waals surface area contributed by atoms with Gasteiger partial charge in [-0.2, -0.15) is 0 Å². The summed E-state index contributed by atoms with van der Waals surface area (Å²) in [6, 6.07) is 19.0. The van der Waals surface area contributed by atoms with Crippen molar-refractivity contribution in [3.8, 4) is 22.5 Å². The molecular weight excluding hydrogens is 364 g/mol. The molecule has 2 aromatic rings. The van der Waals surface area contributed by atoms with E-state index >= 15 is 0 Å². The highest BCUT2D eigenvalue weighted by atomic mass is 16.4. The Morgan fingerprint density at radius 3 is 2.31 bits per heavy atom. The molecule has 0 amide bonds. The van der Waals surface area contributed by atoms with Crippen LogP contribution in [-0.2, 0) is 0 Å². The van der Waals surface area contributed by atoms with E-state index in [0.29, 0.717) is 0 Å². The van der Waals surface area contributed by atoms with Gasteiger partial charge in [0.25, 0.3) is 0 Å².